The van der Waals surface area contributed by atoms with Crippen molar-refractivity contribution < 1.29 is 28.1 Å². The number of hydrogen-bond acceptors (Lipinski definition) is 6. The number of nitrogens with one attached hydrogen (secondary N) is 1. The molecular weight excluding hydrogens is 456 g/mol. The van der Waals surface area contributed by atoms with Crippen LogP contribution in [-0.2, 0) is 26.2 Å². The van der Waals surface area contributed by atoms with Gasteiger partial charge in [0.05, 0.1) is 16.5 Å². The first-order valence-corrected chi connectivity index (χ1v) is 11.8. The molecule has 1 fully saturated rings. The molecule has 0 spiro atoms. The number of rotatable bonds is 6. The Morgan fingerprint density at radius 1 is 1.12 bits per heavy atom. The van der Waals surface area contributed by atoms with E-state index in [0.717, 1.165) is 9.87 Å². The van der Waals surface area contributed by atoms with E-state index in [1.807, 2.05) is 0 Å². The Bertz CT molecular complexity index is 1360. The van der Waals surface area contributed by atoms with Crippen molar-refractivity contribution in [2.75, 3.05) is 14.1 Å². The number of nitrogens with zero attached hydrogens (tertiary/aromatic N) is 3. The van der Waals surface area contributed by atoms with Crippen LogP contribution in [0.1, 0.15) is 22.7 Å². The summed E-state index contributed by atoms with van der Waals surface area (Å²) in [7, 11) is -0.818. The smallest absolute Gasteiger partial charge is 0.295 e. The van der Waals surface area contributed by atoms with Gasteiger partial charge in [0.15, 0.2) is 12.4 Å². The minimum Gasteiger partial charge on any atom is -0.507 e. The number of likely N-dealkylation sites (tertiary alicyclic amines) is 1. The number of carbonyl (C=O) groups is 2. The minimum atomic E-state index is -3.66. The number of aromatic amines is 1. The molecule has 1 saturated heterocycles. The fourth-order valence-electron chi connectivity index (χ4n) is 3.81. The third-order valence-electron chi connectivity index (χ3n) is 5.57. The highest BCUT2D eigenvalue weighted by atomic mass is 32.2. The van der Waals surface area contributed by atoms with Gasteiger partial charge in [0.25, 0.3) is 11.7 Å². The third kappa shape index (κ3) is 4.20. The number of aromatic nitrogens is 2. The van der Waals surface area contributed by atoms with E-state index >= 15 is 0 Å². The summed E-state index contributed by atoms with van der Waals surface area (Å²) >= 11 is 0. The maximum atomic E-state index is 13.1. The van der Waals surface area contributed by atoms with Crippen LogP contribution in [0.25, 0.3) is 5.76 Å². The highest BCUT2D eigenvalue weighted by Gasteiger charge is 2.46. The average Bonchev–Trinajstić information content (AvgIpc) is 3.09. The lowest BCUT2D eigenvalue weighted by Crippen LogP contribution is -2.29. The summed E-state index contributed by atoms with van der Waals surface area (Å²) in [6.45, 7) is 0.120. The highest BCUT2D eigenvalue weighted by molar-refractivity contribution is 7.89. The van der Waals surface area contributed by atoms with E-state index in [4.69, 9.17) is 0 Å². The maximum Gasteiger partial charge on any atom is 0.295 e. The Hall–Kier alpha value is -3.89. The van der Waals surface area contributed by atoms with Crippen LogP contribution in [0.5, 0.6) is 0 Å². The number of amides is 1. The number of carbonyl (C=O) groups excluding carboxylic acids is 2. The van der Waals surface area contributed by atoms with Crippen molar-refractivity contribution in [3.8, 4) is 0 Å². The molecule has 0 radical (unpaired) electrons. The third-order valence-corrected chi connectivity index (χ3v) is 7.40. The molecule has 0 aliphatic carbocycles. The number of pyridine rings is 2. The Balaban J connectivity index is 1.81. The van der Waals surface area contributed by atoms with Gasteiger partial charge in [-0.25, -0.2) is 17.7 Å². The van der Waals surface area contributed by atoms with Crippen molar-refractivity contribution in [1.29, 1.82) is 0 Å². The zero-order chi connectivity index (χ0) is 24.5. The molecule has 174 valence electrons. The Morgan fingerprint density at radius 2 is 1.85 bits per heavy atom. The number of aliphatic hydroxyl groups is 1. The van der Waals surface area contributed by atoms with Gasteiger partial charge in [0.1, 0.15) is 5.76 Å². The van der Waals surface area contributed by atoms with Gasteiger partial charge in [-0.05, 0) is 42.0 Å². The van der Waals surface area contributed by atoms with E-state index in [1.165, 1.54) is 43.3 Å². The van der Waals surface area contributed by atoms with Crippen molar-refractivity contribution in [3.63, 3.8) is 0 Å². The number of H-pyrrole nitrogens is 1. The molecule has 1 aliphatic rings. The van der Waals surface area contributed by atoms with Crippen molar-refractivity contribution in [3.05, 3.63) is 95.6 Å². The largest absolute Gasteiger partial charge is 0.507 e. The average molecular weight is 480 g/mol. The summed E-state index contributed by atoms with van der Waals surface area (Å²) in [5.41, 5.74) is 1.49. The van der Waals surface area contributed by atoms with Crippen LogP contribution in [0.15, 0.2) is 83.8 Å². The summed E-state index contributed by atoms with van der Waals surface area (Å²) in [5, 5.41) is 11.1. The van der Waals surface area contributed by atoms with E-state index in [-0.39, 0.29) is 28.3 Å². The second-order valence-electron chi connectivity index (χ2n) is 7.94. The second-order valence-corrected chi connectivity index (χ2v) is 10.1. The van der Waals surface area contributed by atoms with E-state index in [9.17, 15) is 23.1 Å². The first-order valence-electron chi connectivity index (χ1n) is 10.4. The number of aliphatic hydroxyl groups excluding tert-OH is 1. The number of hydrogen-bond donors (Lipinski definition) is 1. The maximum absolute atomic E-state index is 13.1. The molecule has 34 heavy (non-hydrogen) atoms. The number of benzene rings is 1. The summed E-state index contributed by atoms with van der Waals surface area (Å²) in [6.07, 6.45) is 6.58. The van der Waals surface area contributed by atoms with Crippen molar-refractivity contribution in [2.24, 2.45) is 0 Å². The van der Waals surface area contributed by atoms with Crippen LogP contribution in [0.2, 0.25) is 0 Å². The summed E-state index contributed by atoms with van der Waals surface area (Å²) in [5.74, 6) is -1.94. The molecule has 1 amide bonds. The first kappa shape index (κ1) is 23.3. The summed E-state index contributed by atoms with van der Waals surface area (Å²) < 4.78 is 25.8. The lowest BCUT2D eigenvalue weighted by Gasteiger charge is -2.24. The molecule has 2 aromatic heterocycles. The monoisotopic (exact) mass is 479 g/mol. The molecule has 1 unspecified atom stereocenters. The van der Waals surface area contributed by atoms with E-state index in [2.05, 4.69) is 9.97 Å². The van der Waals surface area contributed by atoms with Gasteiger partial charge >= 0.3 is 0 Å². The SMILES string of the molecule is CN(C)S(=O)(=O)c1ccc(C(O)=C2C(=O)C(=O)N(Cc3cccnc3)C2c2ccc[nH+]c2)cc1. The van der Waals surface area contributed by atoms with Crippen molar-refractivity contribution >= 4 is 27.5 Å². The molecule has 1 aliphatic heterocycles. The van der Waals surface area contributed by atoms with Gasteiger partial charge in [-0.15, -0.1) is 0 Å². The molecule has 0 saturated carbocycles. The lowest BCUT2D eigenvalue weighted by atomic mass is 9.96. The lowest BCUT2D eigenvalue weighted by molar-refractivity contribution is -0.379. The predicted molar refractivity (Wildman–Crippen MR) is 122 cm³/mol. The molecule has 1 atom stereocenters. The van der Waals surface area contributed by atoms with Crippen LogP contribution < -0.4 is 4.98 Å². The Kier molecular flexibility index (Phi) is 6.27. The minimum absolute atomic E-state index is 0.0419. The normalized spacial score (nSPS) is 18.0. The van der Waals surface area contributed by atoms with Crippen LogP contribution in [0.3, 0.4) is 0 Å². The van der Waals surface area contributed by atoms with Crippen LogP contribution in [0.4, 0.5) is 0 Å². The van der Waals surface area contributed by atoms with Crippen molar-refractivity contribution in [2.45, 2.75) is 17.5 Å². The molecular formula is C24H23N4O5S+. The highest BCUT2D eigenvalue weighted by Crippen LogP contribution is 2.39. The quantitative estimate of drug-likeness (QED) is 0.327. The molecule has 3 heterocycles. The zero-order valence-corrected chi connectivity index (χ0v) is 19.4. The fourth-order valence-corrected chi connectivity index (χ4v) is 4.71. The number of Topliss-reactive ketones (excluding diaryl/α,β-unsaturated/α-hetero) is 1. The standard InChI is InChI=1S/C24H22N4O5S/c1-27(2)34(32,33)19-9-7-17(8-10-19)22(29)20-21(18-6-4-12-26-14-18)28(24(31)23(20)30)15-16-5-3-11-25-13-16/h3-14,21,29H,15H2,1-2H3/p+1. The fraction of sp³-hybridized carbons (Fsp3) is 0.167. The van der Waals surface area contributed by atoms with E-state index in [1.54, 1.807) is 49.1 Å². The van der Waals surface area contributed by atoms with Gasteiger partial charge in [0.2, 0.25) is 10.0 Å². The van der Waals surface area contributed by atoms with Gasteiger partial charge < -0.3 is 10.0 Å². The van der Waals surface area contributed by atoms with E-state index in [0.29, 0.717) is 5.56 Å². The van der Waals surface area contributed by atoms with Gasteiger partial charge in [-0.2, -0.15) is 0 Å². The Morgan fingerprint density at radius 3 is 2.44 bits per heavy atom. The van der Waals surface area contributed by atoms with Gasteiger partial charge in [0, 0.05) is 50.2 Å². The molecule has 9 nitrogen and oxygen atoms in total. The van der Waals surface area contributed by atoms with Crippen LogP contribution >= 0.6 is 0 Å². The summed E-state index contributed by atoms with van der Waals surface area (Å²) in [4.78, 5) is 34.5. The topological polar surface area (TPSA) is 122 Å². The molecule has 10 heteroatoms. The molecule has 4 rings (SSSR count). The second kappa shape index (κ2) is 9.16. The molecule has 1 aromatic carbocycles. The van der Waals surface area contributed by atoms with Crippen LogP contribution in [-0.4, -0.2) is 53.5 Å². The van der Waals surface area contributed by atoms with Crippen molar-refractivity contribution in [1.82, 2.24) is 14.2 Å². The van der Waals surface area contributed by atoms with E-state index < -0.39 is 27.8 Å². The molecule has 3 aromatic rings. The van der Waals surface area contributed by atoms with Gasteiger partial charge in [-0.3, -0.25) is 14.6 Å². The predicted octanol–water partition coefficient (Wildman–Crippen LogP) is 1.77. The summed E-state index contributed by atoms with van der Waals surface area (Å²) in [6, 6.07) is 11.7. The molecule has 0 bridgehead atoms. The zero-order valence-electron chi connectivity index (χ0n) is 18.5. The first-order chi connectivity index (χ1) is 16.2. The van der Waals surface area contributed by atoms with Gasteiger partial charge in [-0.1, -0.05) is 6.07 Å². The van der Waals surface area contributed by atoms with Crippen LogP contribution in [0, 0.1) is 0 Å². The Labute approximate surface area is 197 Å². The number of ketones is 1. The number of sulfonamides is 1. The molecule has 2 N–H and O–H groups in total.